The van der Waals surface area contributed by atoms with Gasteiger partial charge in [0.1, 0.15) is 0 Å². The first-order valence-corrected chi connectivity index (χ1v) is 6.16. The van der Waals surface area contributed by atoms with Crippen molar-refractivity contribution >= 4 is 0 Å². The highest BCUT2D eigenvalue weighted by atomic mass is 14.6. The van der Waals surface area contributed by atoms with Gasteiger partial charge >= 0.3 is 0 Å². The molecule has 3 rings (SSSR count). The van der Waals surface area contributed by atoms with Crippen molar-refractivity contribution in [2.45, 2.75) is 58.8 Å². The Morgan fingerprint density at radius 1 is 1.00 bits per heavy atom. The molecule has 0 bridgehead atoms. The van der Waals surface area contributed by atoms with Gasteiger partial charge in [-0.25, -0.2) is 0 Å². The highest BCUT2D eigenvalue weighted by Crippen LogP contribution is 2.71. The summed E-state index contributed by atoms with van der Waals surface area (Å²) in [5.74, 6) is 2.03. The number of rotatable bonds is 1. The van der Waals surface area contributed by atoms with Gasteiger partial charge in [-0.3, -0.25) is 0 Å². The SMILES string of the molecule is CC(C)[C@@H]1CCC2(CC2)CC12CC2. The first-order valence-electron chi connectivity index (χ1n) is 6.16. The summed E-state index contributed by atoms with van der Waals surface area (Å²) in [5.41, 5.74) is 1.75. The van der Waals surface area contributed by atoms with Crippen molar-refractivity contribution in [3.8, 4) is 0 Å². The second-order valence-electron chi connectivity index (χ2n) is 6.43. The van der Waals surface area contributed by atoms with E-state index in [1.54, 1.807) is 44.9 Å². The molecular weight excluding hydrogens is 156 g/mol. The zero-order valence-electron chi connectivity index (χ0n) is 9.10. The average Bonchev–Trinajstić information content (AvgIpc) is 2.94. The Balaban J connectivity index is 1.78. The van der Waals surface area contributed by atoms with Crippen LogP contribution in [0.4, 0.5) is 0 Å². The molecule has 0 heterocycles. The van der Waals surface area contributed by atoms with Crippen molar-refractivity contribution < 1.29 is 0 Å². The quantitative estimate of drug-likeness (QED) is 0.569. The predicted octanol–water partition coefficient (Wildman–Crippen LogP) is 4.00. The lowest BCUT2D eigenvalue weighted by molar-refractivity contribution is 0.105. The molecule has 0 aromatic carbocycles. The minimum absolute atomic E-state index is 0.864. The summed E-state index contributed by atoms with van der Waals surface area (Å²) in [6, 6.07) is 0. The van der Waals surface area contributed by atoms with Gasteiger partial charge in [0.05, 0.1) is 0 Å². The molecule has 0 unspecified atom stereocenters. The molecule has 0 aliphatic heterocycles. The van der Waals surface area contributed by atoms with Crippen molar-refractivity contribution in [2.24, 2.45) is 22.7 Å². The van der Waals surface area contributed by atoms with Crippen LogP contribution in [0.25, 0.3) is 0 Å². The maximum absolute atomic E-state index is 2.44. The van der Waals surface area contributed by atoms with E-state index in [-0.39, 0.29) is 0 Å². The summed E-state index contributed by atoms with van der Waals surface area (Å²) in [4.78, 5) is 0. The molecule has 0 nitrogen and oxygen atoms in total. The Morgan fingerprint density at radius 2 is 1.69 bits per heavy atom. The Morgan fingerprint density at radius 3 is 2.15 bits per heavy atom. The molecule has 3 aliphatic rings. The Bertz CT molecular complexity index is 218. The minimum atomic E-state index is 0.864. The fraction of sp³-hybridized carbons (Fsp3) is 1.00. The normalized spacial score (nSPS) is 38.5. The molecule has 3 aliphatic carbocycles. The van der Waals surface area contributed by atoms with E-state index in [4.69, 9.17) is 0 Å². The van der Waals surface area contributed by atoms with Crippen LogP contribution in [0.3, 0.4) is 0 Å². The van der Waals surface area contributed by atoms with Gasteiger partial charge < -0.3 is 0 Å². The largest absolute Gasteiger partial charge is 0.0625 e. The van der Waals surface area contributed by atoms with Crippen LogP contribution in [0.15, 0.2) is 0 Å². The summed E-state index contributed by atoms with van der Waals surface area (Å²) in [5, 5.41) is 0. The van der Waals surface area contributed by atoms with Crippen LogP contribution in [0.5, 0.6) is 0 Å². The summed E-state index contributed by atoms with van der Waals surface area (Å²) < 4.78 is 0. The first-order chi connectivity index (χ1) is 6.16. The molecule has 3 fully saturated rings. The van der Waals surface area contributed by atoms with Gasteiger partial charge in [-0.2, -0.15) is 0 Å². The van der Waals surface area contributed by atoms with Gasteiger partial charge in [0, 0.05) is 0 Å². The average molecular weight is 178 g/mol. The van der Waals surface area contributed by atoms with Crippen LogP contribution in [0, 0.1) is 22.7 Å². The van der Waals surface area contributed by atoms with E-state index in [2.05, 4.69) is 13.8 Å². The zero-order chi connectivity index (χ0) is 9.10. The second kappa shape index (κ2) is 2.32. The molecule has 1 atom stereocenters. The molecule has 0 amide bonds. The standard InChI is InChI=1S/C13H22/c1-10(2)11-3-4-12(5-6-12)9-13(11)7-8-13/h10-11H,3-9H2,1-2H3/t11-/m0/s1. The van der Waals surface area contributed by atoms with Crippen LogP contribution in [-0.2, 0) is 0 Å². The molecule has 74 valence electrons. The van der Waals surface area contributed by atoms with E-state index in [1.807, 2.05) is 0 Å². The Labute approximate surface area is 82.1 Å². The highest BCUT2D eigenvalue weighted by molar-refractivity contribution is 5.11. The van der Waals surface area contributed by atoms with Gasteiger partial charge in [-0.15, -0.1) is 0 Å². The Hall–Kier alpha value is 0. The van der Waals surface area contributed by atoms with E-state index in [0.29, 0.717) is 0 Å². The molecule has 2 spiro atoms. The molecular formula is C13H22. The van der Waals surface area contributed by atoms with Crippen molar-refractivity contribution in [1.82, 2.24) is 0 Å². The van der Waals surface area contributed by atoms with E-state index >= 15 is 0 Å². The molecule has 13 heavy (non-hydrogen) atoms. The number of hydrogen-bond donors (Lipinski definition) is 0. The van der Waals surface area contributed by atoms with Crippen molar-refractivity contribution in [2.75, 3.05) is 0 Å². The van der Waals surface area contributed by atoms with Gasteiger partial charge in [0.2, 0.25) is 0 Å². The number of hydrogen-bond acceptors (Lipinski definition) is 0. The highest BCUT2D eigenvalue weighted by Gasteiger charge is 2.60. The summed E-state index contributed by atoms with van der Waals surface area (Å²) in [6.07, 6.45) is 11.0. The molecule has 0 aromatic rings. The van der Waals surface area contributed by atoms with Crippen LogP contribution in [0.1, 0.15) is 58.8 Å². The fourth-order valence-corrected chi connectivity index (χ4v) is 4.09. The Kier molecular flexibility index (Phi) is 1.49. The van der Waals surface area contributed by atoms with Gasteiger partial charge in [-0.05, 0) is 67.6 Å². The molecule has 0 heteroatoms. The van der Waals surface area contributed by atoms with Crippen LogP contribution >= 0.6 is 0 Å². The third-order valence-electron chi connectivity index (χ3n) is 5.15. The van der Waals surface area contributed by atoms with Crippen LogP contribution in [0.2, 0.25) is 0 Å². The van der Waals surface area contributed by atoms with E-state index in [9.17, 15) is 0 Å². The molecule has 0 aromatic heterocycles. The molecule has 3 saturated carbocycles. The second-order valence-corrected chi connectivity index (χ2v) is 6.43. The van der Waals surface area contributed by atoms with Crippen molar-refractivity contribution in [1.29, 1.82) is 0 Å². The summed E-state index contributed by atoms with van der Waals surface area (Å²) >= 11 is 0. The van der Waals surface area contributed by atoms with Gasteiger partial charge in [-0.1, -0.05) is 13.8 Å². The maximum Gasteiger partial charge on any atom is -0.0261 e. The van der Waals surface area contributed by atoms with Crippen LogP contribution in [-0.4, -0.2) is 0 Å². The molecule has 0 saturated heterocycles. The van der Waals surface area contributed by atoms with Crippen molar-refractivity contribution in [3.63, 3.8) is 0 Å². The topological polar surface area (TPSA) is 0 Å². The third-order valence-corrected chi connectivity index (χ3v) is 5.15. The maximum atomic E-state index is 2.44. The van der Waals surface area contributed by atoms with Crippen molar-refractivity contribution in [3.05, 3.63) is 0 Å². The first kappa shape index (κ1) is 8.32. The van der Waals surface area contributed by atoms with E-state index < -0.39 is 0 Å². The van der Waals surface area contributed by atoms with Gasteiger partial charge in [0.15, 0.2) is 0 Å². The van der Waals surface area contributed by atoms with E-state index in [1.165, 1.54) is 0 Å². The minimum Gasteiger partial charge on any atom is -0.0625 e. The third kappa shape index (κ3) is 1.17. The fourth-order valence-electron chi connectivity index (χ4n) is 4.09. The predicted molar refractivity (Wildman–Crippen MR) is 55.5 cm³/mol. The summed E-state index contributed by atoms with van der Waals surface area (Å²) in [6.45, 7) is 4.88. The lowest BCUT2D eigenvalue weighted by atomic mass is 9.66. The zero-order valence-corrected chi connectivity index (χ0v) is 9.10. The molecule has 0 N–H and O–H groups in total. The van der Waals surface area contributed by atoms with Crippen LogP contribution < -0.4 is 0 Å². The monoisotopic (exact) mass is 178 g/mol. The van der Waals surface area contributed by atoms with E-state index in [0.717, 1.165) is 22.7 Å². The lowest BCUT2D eigenvalue weighted by Gasteiger charge is -2.39. The molecule has 0 radical (unpaired) electrons. The summed E-state index contributed by atoms with van der Waals surface area (Å²) in [7, 11) is 0. The van der Waals surface area contributed by atoms with Gasteiger partial charge in [0.25, 0.3) is 0 Å². The smallest absolute Gasteiger partial charge is 0.0261 e. The lowest BCUT2D eigenvalue weighted by Crippen LogP contribution is -2.30.